The zero-order chi connectivity index (χ0) is 18.7. The predicted molar refractivity (Wildman–Crippen MR) is 89.3 cm³/mol. The smallest absolute Gasteiger partial charge is 0.433 e. The summed E-state index contributed by atoms with van der Waals surface area (Å²) in [6.45, 7) is 0. The number of hydrogen-bond donors (Lipinski definition) is 1. The summed E-state index contributed by atoms with van der Waals surface area (Å²) in [6, 6.07) is 5.48. The van der Waals surface area contributed by atoms with E-state index in [-0.39, 0.29) is 17.3 Å². The number of nitrogens with zero attached hydrogens (tertiary/aromatic N) is 4. The third-order valence-corrected chi connectivity index (χ3v) is 3.47. The van der Waals surface area contributed by atoms with Gasteiger partial charge in [0.1, 0.15) is 17.3 Å². The van der Waals surface area contributed by atoms with E-state index in [1.165, 1.54) is 31.8 Å². The molecule has 1 N–H and O–H groups in total. The fourth-order valence-corrected chi connectivity index (χ4v) is 2.27. The number of benzene rings is 1. The average molecular weight is 382 g/mol. The highest BCUT2D eigenvalue weighted by Gasteiger charge is 2.34. The van der Waals surface area contributed by atoms with Crippen LogP contribution in [-0.4, -0.2) is 27.0 Å². The Morgan fingerprint density at radius 1 is 1.12 bits per heavy atom. The molecule has 0 saturated carbocycles. The normalized spacial score (nSPS) is 11.3. The Bertz CT molecular complexity index is 922. The molecule has 0 saturated heterocycles. The minimum Gasteiger partial charge on any atom is -0.495 e. The number of rotatable bonds is 4. The number of aromatic nitrogens is 4. The predicted octanol–water partition coefficient (Wildman–Crippen LogP) is 4.36. The van der Waals surface area contributed by atoms with Crippen molar-refractivity contribution in [1.82, 2.24) is 19.9 Å². The van der Waals surface area contributed by atoms with Crippen LogP contribution in [0.4, 0.5) is 24.7 Å². The molecule has 0 unspecified atom stereocenters. The van der Waals surface area contributed by atoms with E-state index in [1.54, 1.807) is 12.1 Å². The summed E-state index contributed by atoms with van der Waals surface area (Å²) in [6.07, 6.45) is -0.646. The van der Waals surface area contributed by atoms with Gasteiger partial charge in [0.05, 0.1) is 19.0 Å². The summed E-state index contributed by atoms with van der Waals surface area (Å²) < 4.78 is 44.8. The van der Waals surface area contributed by atoms with Gasteiger partial charge in [0.15, 0.2) is 11.5 Å². The minimum atomic E-state index is -4.66. The van der Waals surface area contributed by atoms with Gasteiger partial charge in [0.25, 0.3) is 0 Å². The molecule has 6 nitrogen and oxygen atoms in total. The Hall–Kier alpha value is -2.94. The summed E-state index contributed by atoms with van der Waals surface area (Å²) in [7, 11) is 1.43. The van der Waals surface area contributed by atoms with Crippen LogP contribution in [0.5, 0.6) is 5.75 Å². The Kier molecular flexibility index (Phi) is 4.90. The monoisotopic (exact) mass is 381 g/mol. The SMILES string of the molecule is COc1ccc(Cl)cc1Nc1cc(C(F)(F)F)nc(-c2cnccn2)n1. The number of hydrogen-bond acceptors (Lipinski definition) is 6. The molecule has 0 spiro atoms. The lowest BCUT2D eigenvalue weighted by Gasteiger charge is -2.14. The maximum absolute atomic E-state index is 13.2. The number of alkyl halides is 3. The number of nitrogens with one attached hydrogen (secondary N) is 1. The van der Waals surface area contributed by atoms with Crippen LogP contribution in [0.15, 0.2) is 42.9 Å². The van der Waals surface area contributed by atoms with E-state index in [9.17, 15) is 13.2 Å². The molecule has 26 heavy (non-hydrogen) atoms. The van der Waals surface area contributed by atoms with Crippen LogP contribution < -0.4 is 10.1 Å². The summed E-state index contributed by atoms with van der Waals surface area (Å²) in [5.41, 5.74) is -0.645. The zero-order valence-electron chi connectivity index (χ0n) is 13.3. The molecule has 0 aliphatic rings. The fraction of sp³-hybridized carbons (Fsp3) is 0.125. The topological polar surface area (TPSA) is 72.8 Å². The van der Waals surface area contributed by atoms with Gasteiger partial charge in [-0.1, -0.05) is 11.6 Å². The van der Waals surface area contributed by atoms with Crippen LogP contribution in [0.1, 0.15) is 5.69 Å². The molecular weight excluding hydrogens is 371 g/mol. The van der Waals surface area contributed by atoms with Gasteiger partial charge in [-0.05, 0) is 18.2 Å². The molecule has 2 heterocycles. The van der Waals surface area contributed by atoms with Crippen molar-refractivity contribution in [1.29, 1.82) is 0 Å². The highest BCUT2D eigenvalue weighted by molar-refractivity contribution is 6.31. The minimum absolute atomic E-state index is 0.0893. The summed E-state index contributed by atoms with van der Waals surface area (Å²) in [5.74, 6) is 0.0904. The van der Waals surface area contributed by atoms with Gasteiger partial charge in [0.2, 0.25) is 0 Å². The van der Waals surface area contributed by atoms with Gasteiger partial charge in [-0.25, -0.2) is 15.0 Å². The van der Waals surface area contributed by atoms with Gasteiger partial charge < -0.3 is 10.1 Å². The van der Waals surface area contributed by atoms with Gasteiger partial charge in [-0.3, -0.25) is 4.98 Å². The quantitative estimate of drug-likeness (QED) is 0.724. The molecule has 0 atom stereocenters. The molecule has 1 aromatic carbocycles. The Morgan fingerprint density at radius 3 is 2.58 bits per heavy atom. The number of halogens is 4. The lowest BCUT2D eigenvalue weighted by Crippen LogP contribution is -2.11. The van der Waals surface area contributed by atoms with E-state index >= 15 is 0 Å². The molecule has 0 bridgehead atoms. The van der Waals surface area contributed by atoms with Gasteiger partial charge >= 0.3 is 6.18 Å². The first kappa shape index (κ1) is 17.9. The molecule has 134 valence electrons. The van der Waals surface area contributed by atoms with Gasteiger partial charge in [-0.2, -0.15) is 13.2 Å². The second-order valence-electron chi connectivity index (χ2n) is 5.02. The molecule has 0 aliphatic heterocycles. The maximum Gasteiger partial charge on any atom is 0.433 e. The van der Waals surface area contributed by atoms with Crippen LogP contribution in [0.25, 0.3) is 11.5 Å². The standard InChI is InChI=1S/C16H11ClF3N5O/c1-26-12-3-2-9(17)6-10(12)23-14-7-13(16(18,19)20)24-15(25-14)11-8-21-4-5-22-11/h2-8H,1H3,(H,23,24,25). The van der Waals surface area contributed by atoms with E-state index < -0.39 is 11.9 Å². The molecule has 0 amide bonds. The van der Waals surface area contributed by atoms with Crippen molar-refractivity contribution in [2.45, 2.75) is 6.18 Å². The molecule has 0 radical (unpaired) electrons. The van der Waals surface area contributed by atoms with Crippen molar-refractivity contribution in [3.05, 3.63) is 53.6 Å². The molecule has 0 aliphatic carbocycles. The molecule has 10 heteroatoms. The van der Waals surface area contributed by atoms with E-state index in [2.05, 4.69) is 25.3 Å². The second-order valence-corrected chi connectivity index (χ2v) is 5.46. The van der Waals surface area contributed by atoms with Crippen LogP contribution in [0.3, 0.4) is 0 Å². The zero-order valence-corrected chi connectivity index (χ0v) is 14.0. The number of anilines is 2. The van der Waals surface area contributed by atoms with Crippen LogP contribution in [0.2, 0.25) is 5.02 Å². The molecule has 3 rings (SSSR count). The highest BCUT2D eigenvalue weighted by atomic mass is 35.5. The van der Waals surface area contributed by atoms with Crippen LogP contribution in [0, 0.1) is 0 Å². The van der Waals surface area contributed by atoms with Crippen molar-refractivity contribution in [3.8, 4) is 17.3 Å². The Morgan fingerprint density at radius 2 is 1.92 bits per heavy atom. The summed E-state index contributed by atoms with van der Waals surface area (Å²) in [5, 5.41) is 3.16. The summed E-state index contributed by atoms with van der Waals surface area (Å²) >= 11 is 5.94. The van der Waals surface area contributed by atoms with Gasteiger partial charge in [-0.15, -0.1) is 0 Å². The molecular formula is C16H11ClF3N5O. The first-order valence-electron chi connectivity index (χ1n) is 7.20. The summed E-state index contributed by atoms with van der Waals surface area (Å²) in [4.78, 5) is 15.4. The maximum atomic E-state index is 13.2. The second kappa shape index (κ2) is 7.12. The third kappa shape index (κ3) is 3.99. The lowest BCUT2D eigenvalue weighted by molar-refractivity contribution is -0.141. The lowest BCUT2D eigenvalue weighted by atomic mass is 10.2. The molecule has 3 aromatic rings. The van der Waals surface area contributed by atoms with E-state index in [4.69, 9.17) is 16.3 Å². The van der Waals surface area contributed by atoms with Crippen molar-refractivity contribution in [3.63, 3.8) is 0 Å². The number of methoxy groups -OCH3 is 1. The largest absolute Gasteiger partial charge is 0.495 e. The van der Waals surface area contributed by atoms with Crippen molar-refractivity contribution < 1.29 is 17.9 Å². The van der Waals surface area contributed by atoms with E-state index in [0.29, 0.717) is 16.5 Å². The van der Waals surface area contributed by atoms with Crippen molar-refractivity contribution in [2.75, 3.05) is 12.4 Å². The third-order valence-electron chi connectivity index (χ3n) is 3.23. The fourth-order valence-electron chi connectivity index (χ4n) is 2.10. The number of ether oxygens (including phenoxy) is 1. The first-order valence-corrected chi connectivity index (χ1v) is 7.58. The van der Waals surface area contributed by atoms with E-state index in [1.807, 2.05) is 0 Å². The average Bonchev–Trinajstić information content (AvgIpc) is 2.62. The van der Waals surface area contributed by atoms with E-state index in [0.717, 1.165) is 6.07 Å². The highest BCUT2D eigenvalue weighted by Crippen LogP contribution is 2.33. The van der Waals surface area contributed by atoms with Crippen molar-refractivity contribution in [2.24, 2.45) is 0 Å². The van der Waals surface area contributed by atoms with Crippen LogP contribution >= 0.6 is 11.6 Å². The van der Waals surface area contributed by atoms with Crippen molar-refractivity contribution >= 4 is 23.1 Å². The molecule has 2 aromatic heterocycles. The van der Waals surface area contributed by atoms with Gasteiger partial charge in [0, 0.05) is 23.5 Å². The first-order chi connectivity index (χ1) is 12.4. The molecule has 0 fully saturated rings. The Labute approximate surface area is 151 Å². The Balaban J connectivity index is 2.08. The van der Waals surface area contributed by atoms with Crippen LogP contribution in [-0.2, 0) is 6.18 Å².